The number of hydrogen-bond acceptors (Lipinski definition) is 7. The highest BCUT2D eigenvalue weighted by molar-refractivity contribution is 5.92. The van der Waals surface area contributed by atoms with Crippen molar-refractivity contribution in [3.8, 4) is 0 Å². The summed E-state index contributed by atoms with van der Waals surface area (Å²) in [5.74, 6) is 0.818. The van der Waals surface area contributed by atoms with E-state index in [0.717, 1.165) is 18.8 Å². The summed E-state index contributed by atoms with van der Waals surface area (Å²) in [7, 11) is 1.70. The summed E-state index contributed by atoms with van der Waals surface area (Å²) in [4.78, 5) is 26.4. The van der Waals surface area contributed by atoms with Gasteiger partial charge in [0.15, 0.2) is 6.39 Å². The minimum atomic E-state index is -0.261. The smallest absolute Gasteiger partial charge is 0.289 e. The van der Waals surface area contributed by atoms with Crippen molar-refractivity contribution in [1.82, 2.24) is 20.3 Å². The Balaban J connectivity index is 1.67. The third-order valence-corrected chi connectivity index (χ3v) is 4.02. The number of carbonyl (C=O) groups is 1. The number of carbonyl (C=O) groups excluding carboxylic acids is 1. The number of aryl methyl sites for hydroxylation is 1. The van der Waals surface area contributed by atoms with Gasteiger partial charge in [-0.05, 0) is 19.4 Å². The normalized spacial score (nSPS) is 20.7. The first kappa shape index (κ1) is 15.4. The largest absolute Gasteiger partial charge is 0.438 e. The number of nitrogens with one attached hydrogen (secondary N) is 1. The van der Waals surface area contributed by atoms with E-state index >= 15 is 0 Å². The molecule has 0 spiro atoms. The van der Waals surface area contributed by atoms with Crippen molar-refractivity contribution in [1.29, 1.82) is 0 Å². The molecule has 2 atom stereocenters. The van der Waals surface area contributed by atoms with Gasteiger partial charge in [0.25, 0.3) is 5.91 Å². The topological polar surface area (TPSA) is 93.4 Å². The van der Waals surface area contributed by atoms with Crippen LogP contribution < -0.4 is 10.2 Å². The van der Waals surface area contributed by atoms with Crippen molar-refractivity contribution >= 4 is 11.7 Å². The highest BCUT2D eigenvalue weighted by atomic mass is 16.5. The van der Waals surface area contributed by atoms with Crippen molar-refractivity contribution in [3.63, 3.8) is 0 Å². The standard InChI is InChI=1S/C15H19N5O3/c1-10-14(23-9-19-10)15(21)17-6-11-5-12(22-2)7-20(11)13-3-4-16-8-18-13/h3-4,8-9,11-12H,5-7H2,1-2H3,(H,17,21)/t11-,12-/m1/s1. The van der Waals surface area contributed by atoms with E-state index in [1.165, 1.54) is 12.7 Å². The fourth-order valence-electron chi connectivity index (χ4n) is 2.78. The molecular weight excluding hydrogens is 298 g/mol. The van der Waals surface area contributed by atoms with Crippen LogP contribution in [0.4, 0.5) is 5.82 Å². The van der Waals surface area contributed by atoms with Crippen LogP contribution in [0.25, 0.3) is 0 Å². The van der Waals surface area contributed by atoms with Gasteiger partial charge in [0, 0.05) is 26.4 Å². The van der Waals surface area contributed by atoms with Crippen LogP contribution >= 0.6 is 0 Å². The molecule has 122 valence electrons. The Kier molecular flexibility index (Phi) is 4.52. The minimum absolute atomic E-state index is 0.0991. The number of anilines is 1. The number of aromatic nitrogens is 3. The molecule has 3 heterocycles. The Hall–Kier alpha value is -2.48. The molecule has 3 rings (SSSR count). The number of amides is 1. The fourth-order valence-corrected chi connectivity index (χ4v) is 2.78. The molecule has 0 bridgehead atoms. The summed E-state index contributed by atoms with van der Waals surface area (Å²) in [5, 5.41) is 2.90. The molecule has 0 radical (unpaired) electrons. The lowest BCUT2D eigenvalue weighted by atomic mass is 10.2. The number of oxazole rings is 1. The molecule has 2 aromatic rings. The van der Waals surface area contributed by atoms with Crippen molar-refractivity contribution < 1.29 is 13.9 Å². The summed E-state index contributed by atoms with van der Waals surface area (Å²) in [5.41, 5.74) is 0.580. The predicted molar refractivity (Wildman–Crippen MR) is 82.2 cm³/mol. The zero-order valence-electron chi connectivity index (χ0n) is 13.1. The van der Waals surface area contributed by atoms with E-state index < -0.39 is 0 Å². The van der Waals surface area contributed by atoms with Crippen molar-refractivity contribution in [2.24, 2.45) is 0 Å². The number of methoxy groups -OCH3 is 1. The quantitative estimate of drug-likeness (QED) is 0.871. The van der Waals surface area contributed by atoms with Gasteiger partial charge in [-0.3, -0.25) is 4.79 Å². The molecule has 1 aliphatic rings. The summed E-state index contributed by atoms with van der Waals surface area (Å²) < 4.78 is 10.6. The predicted octanol–water partition coefficient (Wildman–Crippen LogP) is 0.797. The molecule has 0 aliphatic carbocycles. The summed E-state index contributed by atoms with van der Waals surface area (Å²) in [6.45, 7) is 2.94. The molecule has 23 heavy (non-hydrogen) atoms. The van der Waals surface area contributed by atoms with Gasteiger partial charge in [-0.2, -0.15) is 0 Å². The Morgan fingerprint density at radius 1 is 1.52 bits per heavy atom. The van der Waals surface area contributed by atoms with Gasteiger partial charge in [0.05, 0.1) is 17.8 Å². The number of nitrogens with zero attached hydrogens (tertiary/aromatic N) is 4. The first-order valence-electron chi connectivity index (χ1n) is 7.42. The molecule has 8 nitrogen and oxygen atoms in total. The van der Waals surface area contributed by atoms with E-state index in [0.29, 0.717) is 12.2 Å². The second-order valence-corrected chi connectivity index (χ2v) is 5.44. The molecule has 1 fully saturated rings. The van der Waals surface area contributed by atoms with Crippen LogP contribution in [-0.4, -0.2) is 53.2 Å². The lowest BCUT2D eigenvalue weighted by Gasteiger charge is -2.25. The van der Waals surface area contributed by atoms with Gasteiger partial charge in [-0.25, -0.2) is 15.0 Å². The first-order valence-corrected chi connectivity index (χ1v) is 7.42. The van der Waals surface area contributed by atoms with Crippen molar-refractivity contribution in [2.45, 2.75) is 25.5 Å². The van der Waals surface area contributed by atoms with Gasteiger partial charge in [-0.1, -0.05) is 0 Å². The van der Waals surface area contributed by atoms with E-state index in [1.54, 1.807) is 20.2 Å². The Labute approximate surface area is 133 Å². The molecule has 1 N–H and O–H groups in total. The zero-order chi connectivity index (χ0) is 16.2. The SMILES string of the molecule is CO[C@@H]1C[C@H](CNC(=O)c2ocnc2C)N(c2ccncn2)C1. The lowest BCUT2D eigenvalue weighted by Crippen LogP contribution is -2.40. The molecule has 0 unspecified atom stereocenters. The van der Waals surface area contributed by atoms with E-state index in [4.69, 9.17) is 9.15 Å². The van der Waals surface area contributed by atoms with Gasteiger partial charge in [0.1, 0.15) is 12.1 Å². The number of rotatable bonds is 5. The molecule has 0 aromatic carbocycles. The second-order valence-electron chi connectivity index (χ2n) is 5.44. The monoisotopic (exact) mass is 317 g/mol. The summed E-state index contributed by atoms with van der Waals surface area (Å²) in [6, 6.07) is 1.95. The molecule has 1 amide bonds. The van der Waals surface area contributed by atoms with Gasteiger partial charge in [-0.15, -0.1) is 0 Å². The third kappa shape index (κ3) is 3.31. The van der Waals surface area contributed by atoms with Gasteiger partial charge >= 0.3 is 0 Å². The average molecular weight is 317 g/mol. The minimum Gasteiger partial charge on any atom is -0.438 e. The van der Waals surface area contributed by atoms with E-state index in [1.807, 2.05) is 6.07 Å². The van der Waals surface area contributed by atoms with Crippen LogP contribution in [0.5, 0.6) is 0 Å². The number of ether oxygens (including phenoxy) is 1. The Bertz CT molecular complexity index is 660. The first-order chi connectivity index (χ1) is 11.2. The van der Waals surface area contributed by atoms with E-state index in [2.05, 4.69) is 25.2 Å². The maximum atomic E-state index is 12.2. The Morgan fingerprint density at radius 2 is 2.39 bits per heavy atom. The van der Waals surface area contributed by atoms with Crippen LogP contribution in [0.1, 0.15) is 22.7 Å². The van der Waals surface area contributed by atoms with Gasteiger partial charge < -0.3 is 19.4 Å². The zero-order valence-corrected chi connectivity index (χ0v) is 13.1. The van der Waals surface area contributed by atoms with Crippen LogP contribution in [0.15, 0.2) is 29.4 Å². The van der Waals surface area contributed by atoms with Crippen molar-refractivity contribution in [2.75, 3.05) is 25.1 Å². The van der Waals surface area contributed by atoms with Gasteiger partial charge in [0.2, 0.25) is 5.76 Å². The fraction of sp³-hybridized carbons (Fsp3) is 0.467. The summed E-state index contributed by atoms with van der Waals surface area (Å²) >= 11 is 0. The molecule has 0 saturated carbocycles. The molecule has 1 aliphatic heterocycles. The van der Waals surface area contributed by atoms with Crippen LogP contribution in [-0.2, 0) is 4.74 Å². The third-order valence-electron chi connectivity index (χ3n) is 4.02. The Morgan fingerprint density at radius 3 is 3.04 bits per heavy atom. The van der Waals surface area contributed by atoms with Crippen molar-refractivity contribution in [3.05, 3.63) is 36.4 Å². The molecule has 2 aromatic heterocycles. The van der Waals surface area contributed by atoms with Crippen LogP contribution in [0, 0.1) is 6.92 Å². The number of hydrogen-bond donors (Lipinski definition) is 1. The lowest BCUT2D eigenvalue weighted by molar-refractivity contribution is 0.0918. The maximum absolute atomic E-state index is 12.2. The highest BCUT2D eigenvalue weighted by Crippen LogP contribution is 2.24. The van der Waals surface area contributed by atoms with E-state index in [9.17, 15) is 4.79 Å². The highest BCUT2D eigenvalue weighted by Gasteiger charge is 2.33. The molecule has 8 heteroatoms. The van der Waals surface area contributed by atoms with Crippen LogP contribution in [0.2, 0.25) is 0 Å². The average Bonchev–Trinajstić information content (AvgIpc) is 3.19. The van der Waals surface area contributed by atoms with E-state index in [-0.39, 0.29) is 23.8 Å². The van der Waals surface area contributed by atoms with Crippen LogP contribution in [0.3, 0.4) is 0 Å². The molecular formula is C15H19N5O3. The summed E-state index contributed by atoms with van der Waals surface area (Å²) in [6.07, 6.45) is 5.42. The second kappa shape index (κ2) is 6.74. The maximum Gasteiger partial charge on any atom is 0.289 e. The molecule has 1 saturated heterocycles.